The van der Waals surface area contributed by atoms with Crippen LogP contribution in [0, 0.1) is 6.92 Å². The van der Waals surface area contributed by atoms with Gasteiger partial charge >= 0.3 is 6.03 Å². The van der Waals surface area contributed by atoms with Crippen LogP contribution in [0.15, 0.2) is 24.3 Å². The van der Waals surface area contributed by atoms with Crippen molar-refractivity contribution in [3.8, 4) is 5.75 Å². The van der Waals surface area contributed by atoms with Crippen LogP contribution in [-0.2, 0) is 4.79 Å². The maximum absolute atomic E-state index is 11.5. The van der Waals surface area contributed by atoms with Gasteiger partial charge in [-0.05, 0) is 31.5 Å². The molecule has 1 aromatic rings. The Balaban J connectivity index is 2.23. The van der Waals surface area contributed by atoms with Crippen molar-refractivity contribution in [1.82, 2.24) is 10.6 Å². The third-order valence-corrected chi connectivity index (χ3v) is 2.41. The smallest absolute Gasteiger partial charge is 0.312 e. The van der Waals surface area contributed by atoms with E-state index in [1.54, 1.807) is 6.92 Å². The van der Waals surface area contributed by atoms with E-state index < -0.39 is 12.1 Å². The zero-order valence-electron chi connectivity index (χ0n) is 11.1. The molecule has 0 saturated heterocycles. The van der Waals surface area contributed by atoms with Crippen LogP contribution in [-0.4, -0.2) is 31.1 Å². The summed E-state index contributed by atoms with van der Waals surface area (Å²) in [5.74, 6) is 0.462. The van der Waals surface area contributed by atoms with Crippen molar-refractivity contribution in [2.75, 3.05) is 13.2 Å². The summed E-state index contributed by atoms with van der Waals surface area (Å²) < 4.78 is 5.47. The number of rotatable bonds is 6. The summed E-state index contributed by atoms with van der Waals surface area (Å²) in [6, 6.07) is 6.27. The molecule has 104 valence electrons. The number of aryl methyl sites for hydroxylation is 1. The fraction of sp³-hybridized carbons (Fsp3) is 0.385. The molecule has 0 aromatic heterocycles. The Morgan fingerprint density at radius 2 is 2.16 bits per heavy atom. The van der Waals surface area contributed by atoms with Crippen molar-refractivity contribution in [3.05, 3.63) is 29.8 Å². The molecule has 0 aliphatic heterocycles. The minimum atomic E-state index is -0.723. The van der Waals surface area contributed by atoms with E-state index in [1.807, 2.05) is 31.2 Å². The van der Waals surface area contributed by atoms with Crippen molar-refractivity contribution in [3.63, 3.8) is 0 Å². The number of hydrogen-bond acceptors (Lipinski definition) is 3. The van der Waals surface area contributed by atoms with Crippen molar-refractivity contribution >= 4 is 11.9 Å². The molecule has 0 saturated carbocycles. The van der Waals surface area contributed by atoms with E-state index in [-0.39, 0.29) is 5.91 Å². The summed E-state index contributed by atoms with van der Waals surface area (Å²) in [6.07, 6.45) is 0. The van der Waals surface area contributed by atoms with Crippen molar-refractivity contribution in [2.24, 2.45) is 5.73 Å². The fourth-order valence-electron chi connectivity index (χ4n) is 1.48. The van der Waals surface area contributed by atoms with Gasteiger partial charge in [-0.25, -0.2) is 4.79 Å². The highest BCUT2D eigenvalue weighted by atomic mass is 16.5. The maximum Gasteiger partial charge on any atom is 0.312 e. The van der Waals surface area contributed by atoms with Crippen LogP contribution in [0.3, 0.4) is 0 Å². The molecule has 0 aliphatic carbocycles. The van der Waals surface area contributed by atoms with E-state index in [4.69, 9.17) is 10.5 Å². The SMILES string of the molecule is Cc1cccc(OCCNC(=O)[C@H](C)NC(N)=O)c1. The number of ether oxygens (including phenoxy) is 1. The molecule has 0 heterocycles. The van der Waals surface area contributed by atoms with Gasteiger partial charge in [0.25, 0.3) is 0 Å². The first-order chi connectivity index (χ1) is 8.99. The summed E-state index contributed by atoms with van der Waals surface area (Å²) in [7, 11) is 0. The van der Waals surface area contributed by atoms with Gasteiger partial charge in [-0.3, -0.25) is 4.79 Å². The predicted molar refractivity (Wildman–Crippen MR) is 71.9 cm³/mol. The molecular weight excluding hydrogens is 246 g/mol. The summed E-state index contributed by atoms with van der Waals surface area (Å²) in [5.41, 5.74) is 6.03. The molecule has 1 rings (SSSR count). The number of nitrogens with one attached hydrogen (secondary N) is 2. The first-order valence-electron chi connectivity index (χ1n) is 6.02. The lowest BCUT2D eigenvalue weighted by Gasteiger charge is -2.13. The van der Waals surface area contributed by atoms with Crippen molar-refractivity contribution in [1.29, 1.82) is 0 Å². The van der Waals surface area contributed by atoms with Crippen LogP contribution >= 0.6 is 0 Å². The van der Waals surface area contributed by atoms with Crippen molar-refractivity contribution in [2.45, 2.75) is 19.9 Å². The molecular formula is C13H19N3O3. The first kappa shape index (κ1) is 14.8. The molecule has 1 aromatic carbocycles. The Bertz CT molecular complexity index is 449. The number of nitrogens with two attached hydrogens (primary N) is 1. The molecule has 1 atom stereocenters. The third kappa shape index (κ3) is 5.76. The van der Waals surface area contributed by atoms with E-state index in [0.717, 1.165) is 11.3 Å². The Labute approximate surface area is 112 Å². The highest BCUT2D eigenvalue weighted by Gasteiger charge is 2.12. The second-order valence-corrected chi connectivity index (χ2v) is 4.19. The Kier molecular flexibility index (Phi) is 5.66. The minimum Gasteiger partial charge on any atom is -0.492 e. The topological polar surface area (TPSA) is 93.4 Å². The molecule has 0 spiro atoms. The van der Waals surface area contributed by atoms with Gasteiger partial charge in [0.1, 0.15) is 18.4 Å². The molecule has 19 heavy (non-hydrogen) atoms. The third-order valence-electron chi connectivity index (χ3n) is 2.41. The first-order valence-corrected chi connectivity index (χ1v) is 6.02. The molecule has 0 radical (unpaired) electrons. The van der Waals surface area contributed by atoms with Gasteiger partial charge in [0, 0.05) is 0 Å². The van der Waals surface area contributed by atoms with E-state index in [2.05, 4.69) is 10.6 Å². The largest absolute Gasteiger partial charge is 0.492 e. The Hall–Kier alpha value is -2.24. The summed E-state index contributed by atoms with van der Waals surface area (Å²) in [5, 5.41) is 4.93. The number of hydrogen-bond donors (Lipinski definition) is 3. The van der Waals surface area contributed by atoms with Crippen LogP contribution in [0.5, 0.6) is 5.75 Å². The number of carbonyl (C=O) groups excluding carboxylic acids is 2. The van der Waals surface area contributed by atoms with E-state index in [0.29, 0.717) is 13.2 Å². The lowest BCUT2D eigenvalue weighted by molar-refractivity contribution is -0.122. The maximum atomic E-state index is 11.5. The van der Waals surface area contributed by atoms with Gasteiger partial charge in [-0.2, -0.15) is 0 Å². The van der Waals surface area contributed by atoms with Crippen LogP contribution in [0.1, 0.15) is 12.5 Å². The molecule has 4 N–H and O–H groups in total. The number of carbonyl (C=O) groups is 2. The standard InChI is InChI=1S/C13H19N3O3/c1-9-4-3-5-11(8-9)19-7-6-15-12(17)10(2)16-13(14)18/h3-5,8,10H,6-7H2,1-2H3,(H,15,17)(H3,14,16,18)/t10-/m0/s1. The Morgan fingerprint density at radius 3 is 2.79 bits per heavy atom. The highest BCUT2D eigenvalue weighted by Crippen LogP contribution is 2.11. The van der Waals surface area contributed by atoms with Gasteiger partial charge in [-0.1, -0.05) is 12.1 Å². The summed E-state index contributed by atoms with van der Waals surface area (Å²) in [4.78, 5) is 22.1. The van der Waals surface area contributed by atoms with E-state index >= 15 is 0 Å². The molecule has 3 amide bonds. The van der Waals surface area contributed by atoms with Crippen LogP contribution in [0.25, 0.3) is 0 Å². The number of urea groups is 1. The van der Waals surface area contributed by atoms with E-state index in [1.165, 1.54) is 0 Å². The number of primary amides is 1. The summed E-state index contributed by atoms with van der Waals surface area (Å²) in [6.45, 7) is 4.25. The molecule has 6 heteroatoms. The zero-order chi connectivity index (χ0) is 14.3. The zero-order valence-corrected chi connectivity index (χ0v) is 11.1. The molecule has 0 bridgehead atoms. The second-order valence-electron chi connectivity index (χ2n) is 4.19. The summed E-state index contributed by atoms with van der Waals surface area (Å²) >= 11 is 0. The predicted octanol–water partition coefficient (Wildman–Crippen LogP) is 0.547. The molecule has 0 unspecified atom stereocenters. The molecule has 0 fully saturated rings. The van der Waals surface area contributed by atoms with Gasteiger partial charge in [0.15, 0.2) is 0 Å². The van der Waals surface area contributed by atoms with E-state index in [9.17, 15) is 9.59 Å². The second kappa shape index (κ2) is 7.25. The average molecular weight is 265 g/mol. The molecule has 0 aliphatic rings. The quantitative estimate of drug-likeness (QED) is 0.655. The highest BCUT2D eigenvalue weighted by molar-refractivity contribution is 5.86. The van der Waals surface area contributed by atoms with Gasteiger partial charge in [0.2, 0.25) is 5.91 Å². The average Bonchev–Trinajstić information content (AvgIpc) is 2.33. The van der Waals surface area contributed by atoms with Crippen LogP contribution < -0.4 is 21.1 Å². The van der Waals surface area contributed by atoms with Gasteiger partial charge in [0.05, 0.1) is 6.54 Å². The monoisotopic (exact) mass is 265 g/mol. The normalized spacial score (nSPS) is 11.5. The Morgan fingerprint density at radius 1 is 1.42 bits per heavy atom. The van der Waals surface area contributed by atoms with Crippen LogP contribution in [0.4, 0.5) is 4.79 Å². The lowest BCUT2D eigenvalue weighted by atomic mass is 10.2. The minimum absolute atomic E-state index is 0.299. The number of benzene rings is 1. The number of amides is 3. The van der Waals surface area contributed by atoms with Crippen LogP contribution in [0.2, 0.25) is 0 Å². The van der Waals surface area contributed by atoms with Crippen molar-refractivity contribution < 1.29 is 14.3 Å². The fourth-order valence-corrected chi connectivity index (χ4v) is 1.48. The van der Waals surface area contributed by atoms with Gasteiger partial charge < -0.3 is 21.1 Å². The van der Waals surface area contributed by atoms with Gasteiger partial charge in [-0.15, -0.1) is 0 Å². The lowest BCUT2D eigenvalue weighted by Crippen LogP contribution is -2.47. The molecule has 6 nitrogen and oxygen atoms in total.